The van der Waals surface area contributed by atoms with Crippen molar-refractivity contribution in [3.63, 3.8) is 0 Å². The minimum Gasteiger partial charge on any atom is -0.378 e. The summed E-state index contributed by atoms with van der Waals surface area (Å²) in [5, 5.41) is 8.67. The van der Waals surface area contributed by atoms with Gasteiger partial charge in [-0.25, -0.2) is 5.48 Å². The third kappa shape index (κ3) is 2.77. The number of hydrogen-bond acceptors (Lipinski definition) is 3. The first-order valence-corrected chi connectivity index (χ1v) is 4.38. The van der Waals surface area contributed by atoms with E-state index in [-0.39, 0.29) is 6.04 Å². The van der Waals surface area contributed by atoms with Crippen molar-refractivity contribution in [1.82, 2.24) is 5.48 Å². The van der Waals surface area contributed by atoms with E-state index in [1.807, 2.05) is 0 Å². The van der Waals surface area contributed by atoms with Gasteiger partial charge < -0.3 is 9.94 Å². The molecule has 1 fully saturated rings. The lowest BCUT2D eigenvalue weighted by Gasteiger charge is -2.28. The maximum absolute atomic E-state index is 8.67. The molecule has 0 radical (unpaired) electrons. The molecule has 0 aromatic carbocycles. The summed E-state index contributed by atoms with van der Waals surface area (Å²) in [5.74, 6) is 0. The van der Waals surface area contributed by atoms with E-state index in [1.54, 1.807) is 0 Å². The van der Waals surface area contributed by atoms with Crippen LogP contribution in [0.3, 0.4) is 0 Å². The van der Waals surface area contributed by atoms with Crippen LogP contribution >= 0.6 is 0 Å². The summed E-state index contributed by atoms with van der Waals surface area (Å²) < 4.78 is 5.50. The summed E-state index contributed by atoms with van der Waals surface area (Å²) in [4.78, 5) is 0. The van der Waals surface area contributed by atoms with Crippen molar-refractivity contribution in [2.75, 3.05) is 6.61 Å². The van der Waals surface area contributed by atoms with Crippen molar-refractivity contribution in [3.8, 4) is 0 Å². The average Bonchev–Trinajstić information content (AvgIpc) is 2.06. The van der Waals surface area contributed by atoms with E-state index in [2.05, 4.69) is 12.4 Å². The minimum atomic E-state index is 0.250. The standard InChI is InChI=1S/C8H17NO2/c1-2-3-8-6-7(9-10)4-5-11-8/h7-10H,2-6H2,1H3. The summed E-state index contributed by atoms with van der Waals surface area (Å²) in [7, 11) is 0. The molecule has 1 saturated heterocycles. The Morgan fingerprint density at radius 2 is 2.45 bits per heavy atom. The first kappa shape index (κ1) is 8.97. The Morgan fingerprint density at radius 3 is 3.09 bits per heavy atom. The van der Waals surface area contributed by atoms with Crippen molar-refractivity contribution in [2.24, 2.45) is 0 Å². The van der Waals surface area contributed by atoms with Gasteiger partial charge >= 0.3 is 0 Å². The van der Waals surface area contributed by atoms with Crippen LogP contribution < -0.4 is 5.48 Å². The quantitative estimate of drug-likeness (QED) is 0.610. The van der Waals surface area contributed by atoms with Gasteiger partial charge in [0.05, 0.1) is 6.10 Å². The molecule has 0 bridgehead atoms. The topological polar surface area (TPSA) is 41.5 Å². The SMILES string of the molecule is CCCC1CC(NO)CCO1. The molecule has 3 heteroatoms. The van der Waals surface area contributed by atoms with Crippen LogP contribution in [0.25, 0.3) is 0 Å². The second-order valence-corrected chi connectivity index (χ2v) is 3.13. The summed E-state index contributed by atoms with van der Waals surface area (Å²) in [5.41, 5.74) is 2.31. The molecule has 1 rings (SSSR count). The Labute approximate surface area is 67.7 Å². The maximum atomic E-state index is 8.67. The third-order valence-electron chi connectivity index (χ3n) is 2.16. The molecule has 11 heavy (non-hydrogen) atoms. The monoisotopic (exact) mass is 159 g/mol. The van der Waals surface area contributed by atoms with Gasteiger partial charge in [-0.1, -0.05) is 13.3 Å². The summed E-state index contributed by atoms with van der Waals surface area (Å²) in [6, 6.07) is 0.250. The number of hydrogen-bond donors (Lipinski definition) is 2. The van der Waals surface area contributed by atoms with Crippen molar-refractivity contribution in [3.05, 3.63) is 0 Å². The van der Waals surface area contributed by atoms with Crippen LogP contribution in [0, 0.1) is 0 Å². The fourth-order valence-corrected chi connectivity index (χ4v) is 1.52. The van der Waals surface area contributed by atoms with E-state index in [0.717, 1.165) is 32.3 Å². The van der Waals surface area contributed by atoms with Crippen molar-refractivity contribution in [1.29, 1.82) is 0 Å². The van der Waals surface area contributed by atoms with Gasteiger partial charge in [-0.05, 0) is 19.3 Å². The lowest BCUT2D eigenvalue weighted by molar-refractivity contribution is -0.0290. The van der Waals surface area contributed by atoms with Gasteiger partial charge in [0.25, 0.3) is 0 Å². The van der Waals surface area contributed by atoms with Crippen LogP contribution in [0.2, 0.25) is 0 Å². The van der Waals surface area contributed by atoms with Crippen molar-refractivity contribution >= 4 is 0 Å². The van der Waals surface area contributed by atoms with E-state index >= 15 is 0 Å². The van der Waals surface area contributed by atoms with Crippen molar-refractivity contribution in [2.45, 2.75) is 44.8 Å². The molecule has 0 aromatic rings. The second-order valence-electron chi connectivity index (χ2n) is 3.13. The van der Waals surface area contributed by atoms with Crippen LogP contribution in [-0.4, -0.2) is 24.0 Å². The molecule has 1 heterocycles. The second kappa shape index (κ2) is 4.70. The van der Waals surface area contributed by atoms with E-state index in [0.29, 0.717) is 6.10 Å². The largest absolute Gasteiger partial charge is 0.378 e. The molecule has 2 N–H and O–H groups in total. The van der Waals surface area contributed by atoms with Crippen LogP contribution in [0.1, 0.15) is 32.6 Å². The zero-order valence-electron chi connectivity index (χ0n) is 7.05. The Hall–Kier alpha value is -0.120. The maximum Gasteiger partial charge on any atom is 0.0590 e. The summed E-state index contributed by atoms with van der Waals surface area (Å²) in [6.07, 6.45) is 4.50. The molecule has 66 valence electrons. The number of hydroxylamine groups is 1. The van der Waals surface area contributed by atoms with E-state index in [9.17, 15) is 0 Å². The van der Waals surface area contributed by atoms with Gasteiger partial charge in [-0.2, -0.15) is 0 Å². The lowest BCUT2D eigenvalue weighted by Crippen LogP contribution is -2.37. The Kier molecular flexibility index (Phi) is 3.83. The normalized spacial score (nSPS) is 32.2. The molecule has 2 atom stereocenters. The van der Waals surface area contributed by atoms with Crippen molar-refractivity contribution < 1.29 is 9.94 Å². The number of ether oxygens (including phenoxy) is 1. The predicted octanol–water partition coefficient (Wildman–Crippen LogP) is 1.31. The van der Waals surface area contributed by atoms with E-state index < -0.39 is 0 Å². The predicted molar refractivity (Wildman–Crippen MR) is 42.6 cm³/mol. The van der Waals surface area contributed by atoms with Gasteiger partial charge in [0.1, 0.15) is 0 Å². The van der Waals surface area contributed by atoms with Gasteiger partial charge in [-0.3, -0.25) is 0 Å². The number of rotatable bonds is 3. The van der Waals surface area contributed by atoms with Gasteiger partial charge in [0, 0.05) is 12.6 Å². The smallest absolute Gasteiger partial charge is 0.0590 e. The highest BCUT2D eigenvalue weighted by Crippen LogP contribution is 2.17. The first-order chi connectivity index (χ1) is 5.36. The average molecular weight is 159 g/mol. The highest BCUT2D eigenvalue weighted by molar-refractivity contribution is 4.73. The fraction of sp³-hybridized carbons (Fsp3) is 1.00. The highest BCUT2D eigenvalue weighted by Gasteiger charge is 2.20. The molecule has 1 aliphatic rings. The molecule has 0 saturated carbocycles. The molecule has 0 spiro atoms. The van der Waals surface area contributed by atoms with Crippen LogP contribution in [0.15, 0.2) is 0 Å². The molecule has 0 aliphatic carbocycles. The van der Waals surface area contributed by atoms with Crippen LogP contribution in [0.4, 0.5) is 0 Å². The molecule has 0 aromatic heterocycles. The molecule has 0 amide bonds. The molecule has 1 aliphatic heterocycles. The number of nitrogens with one attached hydrogen (secondary N) is 1. The van der Waals surface area contributed by atoms with E-state index in [4.69, 9.17) is 9.94 Å². The van der Waals surface area contributed by atoms with Gasteiger partial charge in [0.2, 0.25) is 0 Å². The Morgan fingerprint density at radius 1 is 1.64 bits per heavy atom. The first-order valence-electron chi connectivity index (χ1n) is 4.38. The van der Waals surface area contributed by atoms with Crippen LogP contribution in [0.5, 0.6) is 0 Å². The van der Waals surface area contributed by atoms with Gasteiger partial charge in [0.15, 0.2) is 0 Å². The zero-order valence-corrected chi connectivity index (χ0v) is 7.05. The third-order valence-corrected chi connectivity index (χ3v) is 2.16. The minimum absolute atomic E-state index is 0.250. The zero-order chi connectivity index (χ0) is 8.10. The Bertz CT molecular complexity index is 106. The van der Waals surface area contributed by atoms with Gasteiger partial charge in [-0.15, -0.1) is 0 Å². The van der Waals surface area contributed by atoms with E-state index in [1.165, 1.54) is 0 Å². The summed E-state index contributed by atoms with van der Waals surface area (Å²) in [6.45, 7) is 2.93. The molecular formula is C8H17NO2. The summed E-state index contributed by atoms with van der Waals surface area (Å²) >= 11 is 0. The molecular weight excluding hydrogens is 142 g/mol. The molecule has 2 unspecified atom stereocenters. The fourth-order valence-electron chi connectivity index (χ4n) is 1.52. The highest BCUT2D eigenvalue weighted by atomic mass is 16.5. The lowest BCUT2D eigenvalue weighted by atomic mass is 10.0. The molecule has 3 nitrogen and oxygen atoms in total. The Balaban J connectivity index is 2.21. The van der Waals surface area contributed by atoms with Crippen LogP contribution in [-0.2, 0) is 4.74 Å².